The molecule has 2 fully saturated rings. The molecule has 6 nitrogen and oxygen atoms in total. The van der Waals surface area contributed by atoms with Crippen LogP contribution in [0.3, 0.4) is 0 Å². The molecule has 0 bridgehead atoms. The molecule has 6 heteroatoms. The van der Waals surface area contributed by atoms with Crippen LogP contribution in [0.1, 0.15) is 44.1 Å². The van der Waals surface area contributed by atoms with Crippen molar-refractivity contribution >= 4 is 16.8 Å². The molecule has 1 unspecified atom stereocenters. The quantitative estimate of drug-likeness (QED) is 0.895. The first-order valence-corrected chi connectivity index (χ1v) is 9.22. The molecular formula is C19H25N3O3. The Kier molecular flexibility index (Phi) is 4.61. The summed E-state index contributed by atoms with van der Waals surface area (Å²) in [4.78, 5) is 12.2. The zero-order chi connectivity index (χ0) is 17.2. The average Bonchev–Trinajstić information content (AvgIpc) is 3.30. The largest absolute Gasteiger partial charge is 0.490 e. The first kappa shape index (κ1) is 16.4. The molecule has 1 atom stereocenters. The minimum Gasteiger partial charge on any atom is -0.490 e. The standard InChI is InChI=1S/C19H25N3O3/c1-12-15-11-20-22-16(15)8-9-17(12)25-14-6-4-13(5-7-14)21-19(23)18-3-2-10-24-18/h8-9,11,13-14,18H,2-7,10H2,1H3,(H,20,22)(H,21,23)/t13-,14-,18?. The van der Waals surface area contributed by atoms with Crippen molar-refractivity contribution in [2.45, 2.75) is 63.7 Å². The number of carbonyl (C=O) groups is 1. The fourth-order valence-corrected chi connectivity index (χ4v) is 3.85. The molecule has 2 N–H and O–H groups in total. The number of fused-ring (bicyclic) bond motifs is 1. The predicted octanol–water partition coefficient (Wildman–Crippen LogP) is 2.86. The van der Waals surface area contributed by atoms with Crippen molar-refractivity contribution in [1.29, 1.82) is 0 Å². The van der Waals surface area contributed by atoms with Gasteiger partial charge in [-0.05, 0) is 57.6 Å². The van der Waals surface area contributed by atoms with Gasteiger partial charge in [0, 0.05) is 23.6 Å². The number of rotatable bonds is 4. The molecule has 1 saturated carbocycles. The van der Waals surface area contributed by atoms with Gasteiger partial charge in [-0.1, -0.05) is 0 Å². The Morgan fingerprint density at radius 1 is 1.28 bits per heavy atom. The number of hydrogen-bond donors (Lipinski definition) is 2. The molecule has 2 heterocycles. The van der Waals surface area contributed by atoms with E-state index < -0.39 is 0 Å². The predicted molar refractivity (Wildman–Crippen MR) is 94.6 cm³/mol. The van der Waals surface area contributed by atoms with Crippen LogP contribution in [-0.4, -0.2) is 41.0 Å². The third-order valence-electron chi connectivity index (χ3n) is 5.38. The Bertz CT molecular complexity index is 743. The summed E-state index contributed by atoms with van der Waals surface area (Å²) >= 11 is 0. The van der Waals surface area contributed by atoms with Crippen LogP contribution in [-0.2, 0) is 9.53 Å². The fraction of sp³-hybridized carbons (Fsp3) is 0.579. The van der Waals surface area contributed by atoms with E-state index in [2.05, 4.69) is 22.4 Å². The van der Waals surface area contributed by atoms with E-state index in [1.54, 1.807) is 0 Å². The second-order valence-electron chi connectivity index (χ2n) is 7.12. The molecular weight excluding hydrogens is 318 g/mol. The Morgan fingerprint density at radius 3 is 2.88 bits per heavy atom. The molecule has 1 saturated heterocycles. The lowest BCUT2D eigenvalue weighted by atomic mass is 9.92. The Labute approximate surface area is 147 Å². The van der Waals surface area contributed by atoms with Crippen LogP contribution >= 0.6 is 0 Å². The van der Waals surface area contributed by atoms with Gasteiger partial charge >= 0.3 is 0 Å². The Hall–Kier alpha value is -2.08. The molecule has 2 aromatic rings. The molecule has 4 rings (SSSR count). The Balaban J connectivity index is 1.31. The summed E-state index contributed by atoms with van der Waals surface area (Å²) in [5.41, 5.74) is 2.16. The van der Waals surface area contributed by atoms with E-state index in [1.165, 1.54) is 0 Å². The number of ether oxygens (including phenoxy) is 2. The summed E-state index contributed by atoms with van der Waals surface area (Å²) in [7, 11) is 0. The first-order valence-electron chi connectivity index (χ1n) is 9.22. The lowest BCUT2D eigenvalue weighted by Crippen LogP contribution is -2.44. The van der Waals surface area contributed by atoms with E-state index in [9.17, 15) is 4.79 Å². The van der Waals surface area contributed by atoms with Crippen LogP contribution in [0.2, 0.25) is 0 Å². The normalized spacial score (nSPS) is 26.7. The summed E-state index contributed by atoms with van der Waals surface area (Å²) in [5, 5.41) is 11.3. The van der Waals surface area contributed by atoms with Crippen molar-refractivity contribution in [3.8, 4) is 5.75 Å². The molecule has 1 amide bonds. The van der Waals surface area contributed by atoms with Gasteiger partial charge in [0.05, 0.1) is 17.8 Å². The van der Waals surface area contributed by atoms with Gasteiger partial charge in [0.2, 0.25) is 5.91 Å². The molecule has 0 spiro atoms. The van der Waals surface area contributed by atoms with Crippen LogP contribution in [0.15, 0.2) is 18.3 Å². The van der Waals surface area contributed by atoms with E-state index >= 15 is 0 Å². The SMILES string of the molecule is Cc1c(O[C@H]2CC[C@H](NC(=O)C3CCCO3)CC2)ccc2[nH]ncc12. The number of nitrogens with zero attached hydrogens (tertiary/aromatic N) is 1. The van der Waals surface area contributed by atoms with Crippen molar-refractivity contribution in [2.75, 3.05) is 6.61 Å². The number of aromatic amines is 1. The van der Waals surface area contributed by atoms with E-state index in [-0.39, 0.29) is 24.2 Å². The van der Waals surface area contributed by atoms with Crippen molar-refractivity contribution in [3.63, 3.8) is 0 Å². The number of carbonyl (C=O) groups excluding carboxylic acids is 1. The van der Waals surface area contributed by atoms with Crippen molar-refractivity contribution in [2.24, 2.45) is 0 Å². The van der Waals surface area contributed by atoms with Gasteiger partial charge in [-0.3, -0.25) is 9.89 Å². The van der Waals surface area contributed by atoms with Gasteiger partial charge in [-0.25, -0.2) is 0 Å². The number of aryl methyl sites for hydroxylation is 1. The van der Waals surface area contributed by atoms with Crippen LogP contribution in [0.4, 0.5) is 0 Å². The van der Waals surface area contributed by atoms with Crippen LogP contribution in [0, 0.1) is 6.92 Å². The summed E-state index contributed by atoms with van der Waals surface area (Å²) in [6.07, 6.45) is 7.47. The van der Waals surface area contributed by atoms with E-state index in [0.29, 0.717) is 6.61 Å². The second-order valence-corrected chi connectivity index (χ2v) is 7.12. The first-order chi connectivity index (χ1) is 12.2. The lowest BCUT2D eigenvalue weighted by Gasteiger charge is -2.30. The highest BCUT2D eigenvalue weighted by Gasteiger charge is 2.28. The van der Waals surface area contributed by atoms with Gasteiger partial charge in [-0.15, -0.1) is 0 Å². The maximum atomic E-state index is 12.2. The highest BCUT2D eigenvalue weighted by Crippen LogP contribution is 2.30. The fourth-order valence-electron chi connectivity index (χ4n) is 3.85. The highest BCUT2D eigenvalue weighted by molar-refractivity contribution is 5.83. The summed E-state index contributed by atoms with van der Waals surface area (Å²) in [6.45, 7) is 2.78. The minimum atomic E-state index is -0.238. The molecule has 1 aromatic heterocycles. The zero-order valence-corrected chi connectivity index (χ0v) is 14.6. The van der Waals surface area contributed by atoms with Crippen molar-refractivity contribution < 1.29 is 14.3 Å². The molecule has 1 aromatic carbocycles. The monoisotopic (exact) mass is 343 g/mol. The number of hydrogen-bond acceptors (Lipinski definition) is 4. The number of amides is 1. The van der Waals surface area contributed by atoms with Gasteiger partial charge in [0.15, 0.2) is 0 Å². The number of aromatic nitrogens is 2. The maximum absolute atomic E-state index is 12.2. The molecule has 1 aliphatic carbocycles. The third kappa shape index (κ3) is 3.49. The van der Waals surface area contributed by atoms with Gasteiger partial charge < -0.3 is 14.8 Å². The summed E-state index contributed by atoms with van der Waals surface area (Å²) < 4.78 is 11.7. The summed E-state index contributed by atoms with van der Waals surface area (Å²) in [6, 6.07) is 4.27. The zero-order valence-electron chi connectivity index (χ0n) is 14.6. The maximum Gasteiger partial charge on any atom is 0.249 e. The summed E-state index contributed by atoms with van der Waals surface area (Å²) in [5.74, 6) is 0.990. The molecule has 1 aliphatic heterocycles. The van der Waals surface area contributed by atoms with Gasteiger partial charge in [0.1, 0.15) is 11.9 Å². The van der Waals surface area contributed by atoms with Crippen molar-refractivity contribution in [3.05, 3.63) is 23.9 Å². The second kappa shape index (κ2) is 7.04. The number of nitrogens with one attached hydrogen (secondary N) is 2. The van der Waals surface area contributed by atoms with Crippen LogP contribution in [0.5, 0.6) is 5.75 Å². The smallest absolute Gasteiger partial charge is 0.249 e. The number of H-pyrrole nitrogens is 1. The van der Waals surface area contributed by atoms with E-state index in [0.717, 1.165) is 60.7 Å². The van der Waals surface area contributed by atoms with Crippen molar-refractivity contribution in [1.82, 2.24) is 15.5 Å². The molecule has 0 radical (unpaired) electrons. The van der Waals surface area contributed by atoms with Gasteiger partial charge in [0.25, 0.3) is 0 Å². The lowest BCUT2D eigenvalue weighted by molar-refractivity contribution is -0.131. The number of benzene rings is 1. The van der Waals surface area contributed by atoms with E-state index in [4.69, 9.17) is 9.47 Å². The average molecular weight is 343 g/mol. The molecule has 25 heavy (non-hydrogen) atoms. The van der Waals surface area contributed by atoms with Gasteiger partial charge in [-0.2, -0.15) is 5.10 Å². The molecule has 134 valence electrons. The highest BCUT2D eigenvalue weighted by atomic mass is 16.5. The Morgan fingerprint density at radius 2 is 2.12 bits per heavy atom. The van der Waals surface area contributed by atoms with Crippen LogP contribution in [0.25, 0.3) is 10.9 Å². The molecule has 2 aliphatic rings. The third-order valence-corrected chi connectivity index (χ3v) is 5.38. The van der Waals surface area contributed by atoms with E-state index in [1.807, 2.05) is 18.3 Å². The topological polar surface area (TPSA) is 76.2 Å². The van der Waals surface area contributed by atoms with Crippen LogP contribution < -0.4 is 10.1 Å². The minimum absolute atomic E-state index is 0.0584.